The molecule has 3 saturated heterocycles. The lowest BCUT2D eigenvalue weighted by molar-refractivity contribution is -0.201. The van der Waals surface area contributed by atoms with Gasteiger partial charge in [-0.25, -0.2) is 0 Å². The normalized spacial score (nSPS) is 32.4. The lowest BCUT2D eigenvalue weighted by Crippen LogP contribution is -2.63. The van der Waals surface area contributed by atoms with E-state index in [0.717, 1.165) is 69.5 Å². The highest BCUT2D eigenvalue weighted by molar-refractivity contribution is 6.05. The Morgan fingerprint density at radius 2 is 0.953 bits per heavy atom. The van der Waals surface area contributed by atoms with Gasteiger partial charge in [0.05, 0.1) is 42.9 Å². The first-order valence-electron chi connectivity index (χ1n) is 45.3. The molecule has 24 atom stereocenters. The van der Waals surface area contributed by atoms with E-state index < -0.39 is 154 Å². The Bertz CT molecular complexity index is 5250. The van der Waals surface area contributed by atoms with Crippen molar-refractivity contribution in [2.45, 2.75) is 232 Å². The summed E-state index contributed by atoms with van der Waals surface area (Å²) in [7, 11) is 0. The summed E-state index contributed by atoms with van der Waals surface area (Å²) in [6.07, 6.45) is 11.2. The fraction of sp³-hybridized carbons (Fsp3) is 0.540. The van der Waals surface area contributed by atoms with E-state index in [-0.39, 0.29) is 134 Å². The molecule has 0 spiro atoms. The van der Waals surface area contributed by atoms with Crippen LogP contribution in [0, 0.1) is 80.8 Å². The molecule has 3 heterocycles. The van der Waals surface area contributed by atoms with Gasteiger partial charge in [0, 0.05) is 125 Å². The third-order valence-corrected chi connectivity index (χ3v) is 30.5. The Balaban J connectivity index is 0.000000208. The molecular formula is C100H120N6O23. The van der Waals surface area contributed by atoms with Gasteiger partial charge in [0.2, 0.25) is 41.4 Å². The van der Waals surface area contributed by atoms with Crippen LogP contribution >= 0.6 is 0 Å². The minimum Gasteiger partial charge on any atom is -0.481 e. The maximum atomic E-state index is 14.0. The number of allylic oxidation sites excluding steroid dienone is 8. The van der Waals surface area contributed by atoms with Crippen LogP contribution in [0.3, 0.4) is 0 Å². The number of benzene rings is 4. The van der Waals surface area contributed by atoms with Crippen molar-refractivity contribution in [2.24, 2.45) is 80.8 Å². The van der Waals surface area contributed by atoms with E-state index in [9.17, 15) is 87.5 Å². The number of nitrogens with zero attached hydrogens (tertiary/aromatic N) is 1. The number of carbonyl (C=O) groups is 14. The second kappa shape index (κ2) is 37.8. The van der Waals surface area contributed by atoms with E-state index in [4.69, 9.17) is 24.1 Å². The second-order valence-corrected chi connectivity index (χ2v) is 38.9. The monoisotopic (exact) mass is 1770 g/mol. The summed E-state index contributed by atoms with van der Waals surface area (Å²) in [6.45, 7) is 16.2. The van der Waals surface area contributed by atoms with Crippen LogP contribution in [0.1, 0.15) is 205 Å². The Labute approximate surface area is 750 Å². The number of ketones is 6. The molecule has 7 amide bonds. The maximum Gasteiger partial charge on any atom is 0.304 e. The molecule has 10 N–H and O–H groups in total. The number of rotatable bonds is 31. The fourth-order valence-corrected chi connectivity index (χ4v) is 23.8. The maximum absolute atomic E-state index is 14.0. The Hall–Kier alpha value is -10.5. The fourth-order valence-electron chi connectivity index (χ4n) is 23.8. The number of nitrogens with one attached hydrogen (secondary N) is 5. The summed E-state index contributed by atoms with van der Waals surface area (Å²) in [6, 6.07) is 28.5. The van der Waals surface area contributed by atoms with Crippen molar-refractivity contribution in [3.05, 3.63) is 178 Å². The third-order valence-electron chi connectivity index (χ3n) is 30.5. The van der Waals surface area contributed by atoms with Crippen LogP contribution in [0.15, 0.2) is 145 Å². The highest BCUT2D eigenvalue weighted by atomic mass is 16.8. The van der Waals surface area contributed by atoms with E-state index in [1.807, 2.05) is 111 Å². The molecule has 688 valence electrons. The summed E-state index contributed by atoms with van der Waals surface area (Å²) < 4.78 is 26.8. The summed E-state index contributed by atoms with van der Waals surface area (Å²) >= 11 is 0. The van der Waals surface area contributed by atoms with E-state index in [2.05, 4.69) is 40.4 Å². The highest BCUT2D eigenvalue weighted by Crippen LogP contribution is 2.73. The van der Waals surface area contributed by atoms with E-state index in [0.29, 0.717) is 55.5 Å². The van der Waals surface area contributed by atoms with Gasteiger partial charge < -0.3 is 71.1 Å². The number of aliphatic hydroxyl groups is 4. The van der Waals surface area contributed by atoms with Crippen molar-refractivity contribution < 1.29 is 112 Å². The zero-order chi connectivity index (χ0) is 92.9. The summed E-state index contributed by atoms with van der Waals surface area (Å²) in [5.74, 6) is -8.15. The predicted octanol–water partition coefficient (Wildman–Crippen LogP) is 9.24. The second-order valence-electron chi connectivity index (χ2n) is 38.9. The van der Waals surface area contributed by atoms with Gasteiger partial charge in [0.15, 0.2) is 58.5 Å². The lowest BCUT2D eigenvalue weighted by atomic mass is 9.46. The molecule has 29 nitrogen and oxygen atoms in total. The summed E-state index contributed by atoms with van der Waals surface area (Å²) in [5, 5.41) is 67.0. The molecule has 4 aromatic rings. The van der Waals surface area contributed by atoms with Gasteiger partial charge in [-0.2, -0.15) is 0 Å². The highest BCUT2D eigenvalue weighted by Gasteiger charge is 2.78. The Morgan fingerprint density at radius 1 is 0.535 bits per heavy atom. The van der Waals surface area contributed by atoms with Crippen LogP contribution < -0.4 is 26.6 Å². The number of ether oxygens (including phenoxy) is 4. The predicted molar refractivity (Wildman–Crippen MR) is 469 cm³/mol. The number of carboxylic acids is 1. The largest absolute Gasteiger partial charge is 0.481 e. The number of Topliss-reactive ketones (excluding diaryl/α,β-unsaturated/α-hetero) is 4. The average molecular weight is 1770 g/mol. The third kappa shape index (κ3) is 18.3. The van der Waals surface area contributed by atoms with Crippen molar-refractivity contribution in [2.75, 3.05) is 36.9 Å². The van der Waals surface area contributed by atoms with E-state index in [1.54, 1.807) is 64.1 Å². The van der Waals surface area contributed by atoms with Crippen LogP contribution in [0.4, 0.5) is 11.4 Å². The van der Waals surface area contributed by atoms with Crippen molar-refractivity contribution in [3.8, 4) is 0 Å². The van der Waals surface area contributed by atoms with Crippen molar-refractivity contribution in [1.82, 2.24) is 20.9 Å². The number of aliphatic hydroxyl groups excluding tert-OH is 4. The molecule has 6 saturated carbocycles. The van der Waals surface area contributed by atoms with Gasteiger partial charge in [0.25, 0.3) is 0 Å². The molecule has 3 aliphatic heterocycles. The first kappa shape index (κ1) is 94.6. The standard InChI is InChI=1S/C50H61N3O12.C50H59N3O11/c1-27(19-38(56)29(3)52-42(59)16-18-51-45(62)28(2)20-43(60)61)46(63)53-34-8-6-7-31(22-34)21-30-9-11-32(12-10-30)47-64-41-24-37-36-14-13-33-23-35(55)15-17-48(33,4)44(36)39(57)25-49(37,5)50(41,65-47)40(58)26-54;1-27(19-38(56)29(3)51-42(59)16-18-53-43(60)20-28(2)46(53)62)45(61)52-34-8-6-7-31(22-34)21-30-9-11-32(12-10-30)47-63-41-24-37-36-14-13-33-23-35(55)15-17-48(33,4)44(36)39(57)25-49(37,5)50(41,64-47)40(58)26-54/h6-12,15,17,22-23,27-29,36-37,39,41,44,47,54,57H,13-14,16,18-21,24-26H2,1-5H3,(H,51,62)(H,52,59)(H,53,63)(H,60,61);6-12,15,17,22-23,27-29,36-37,39,41,44,47,54,57H,13-14,16,18-21,24-26H2,1-5H3,(H,51,59)(H,52,61)/t2*27-,28?,29+,36+,37+,39+,41-,44-,47-,48+,49+,50-/m11/s1. The van der Waals surface area contributed by atoms with Gasteiger partial charge in [0.1, 0.15) is 13.2 Å². The Morgan fingerprint density at radius 3 is 1.36 bits per heavy atom. The molecule has 9 fully saturated rings. The van der Waals surface area contributed by atoms with Crippen molar-refractivity contribution in [1.29, 1.82) is 0 Å². The number of fused-ring (bicyclic) bond motifs is 14. The molecule has 15 rings (SSSR count). The van der Waals surface area contributed by atoms with Crippen LogP contribution in [0.2, 0.25) is 0 Å². The SMILES string of the molecule is CC(CC(=O)O)C(=O)NCCC(=O)N[C@@H](C)C(=O)C[C@@H](C)C(=O)Nc1cccc(Cc2ccc([C@@H]3O[C@@H]4C[C@H]5[C@@H]6CCC7=CC(=O)C=C[C@]7(C)[C@H]6[C@@H](O)C[C@]5(C)[C@]4(C(=O)CO)O3)cc2)c1.CC1CC(=O)N(CCC(=O)N[C@@H](C)C(=O)C[C@@H](C)C(=O)Nc2cccc(Cc3ccc([C@@H]4O[C@@H]5C[C@H]6[C@@H]7CCC8=CC(=O)C=C[C@]8(C)[C@H]7[C@@H](O)C[C@]6(C)[C@]5(C(=O)CO)O4)cc3)c2)C1=O. The number of carbonyl (C=O) groups excluding carboxylic acids is 13. The number of amides is 7. The van der Waals surface area contributed by atoms with Gasteiger partial charge in [-0.05, 0) is 173 Å². The smallest absolute Gasteiger partial charge is 0.304 e. The lowest BCUT2D eigenvalue weighted by Gasteiger charge is -2.59. The molecular weight excluding hydrogens is 1650 g/mol. The molecule has 4 aromatic carbocycles. The van der Waals surface area contributed by atoms with Gasteiger partial charge in [-0.15, -0.1) is 0 Å². The van der Waals surface area contributed by atoms with E-state index >= 15 is 0 Å². The Kier molecular flexibility index (Phi) is 27.7. The average Bonchev–Trinajstić information content (AvgIpc) is 1.52. The number of aliphatic carboxylic acids is 1. The van der Waals surface area contributed by atoms with Crippen LogP contribution in [0.25, 0.3) is 0 Å². The minimum absolute atomic E-state index is 0.00636. The zero-order valence-electron chi connectivity index (χ0n) is 74.8. The molecule has 2 unspecified atom stereocenters. The quantitative estimate of drug-likeness (QED) is 0.0210. The first-order chi connectivity index (χ1) is 61.2. The van der Waals surface area contributed by atoms with E-state index in [1.165, 1.54) is 13.8 Å². The molecule has 29 heteroatoms. The summed E-state index contributed by atoms with van der Waals surface area (Å²) in [4.78, 5) is 178. The number of likely N-dealkylation sites (tertiary alicyclic amines) is 1. The van der Waals surface area contributed by atoms with Crippen LogP contribution in [-0.4, -0.2) is 186 Å². The van der Waals surface area contributed by atoms with Crippen molar-refractivity contribution >= 4 is 93.4 Å². The topological polar surface area (TPSA) is 440 Å². The van der Waals surface area contributed by atoms with Crippen LogP contribution in [-0.2, 0) is 98.9 Å². The minimum atomic E-state index is -1.45. The molecule has 8 aliphatic carbocycles. The number of hydrogen-bond acceptors (Lipinski definition) is 22. The van der Waals surface area contributed by atoms with Crippen molar-refractivity contribution in [3.63, 3.8) is 0 Å². The molecule has 0 radical (unpaired) electrons. The van der Waals surface area contributed by atoms with Gasteiger partial charge >= 0.3 is 5.97 Å². The molecule has 0 bridgehead atoms. The number of imide groups is 1. The molecule has 0 aromatic heterocycles. The number of carboxylic acid groups (broad SMARTS) is 1. The van der Waals surface area contributed by atoms with Crippen LogP contribution in [0.5, 0.6) is 0 Å². The number of anilines is 2. The van der Waals surface area contributed by atoms with Gasteiger partial charge in [-0.3, -0.25) is 72.0 Å². The van der Waals surface area contributed by atoms with Gasteiger partial charge in [-0.1, -0.05) is 151 Å². The first-order valence-corrected chi connectivity index (χ1v) is 45.3. The zero-order valence-corrected chi connectivity index (χ0v) is 74.8. The summed E-state index contributed by atoms with van der Waals surface area (Å²) in [5.41, 5.74) is 3.00. The molecule has 11 aliphatic rings. The number of hydrogen-bond donors (Lipinski definition) is 10. The molecule has 129 heavy (non-hydrogen) atoms.